The third-order valence-corrected chi connectivity index (χ3v) is 2.73. The largest absolute Gasteiger partial charge is 0.506 e. The highest BCUT2D eigenvalue weighted by Crippen LogP contribution is 2.24. The number of benzene rings is 1. The third-order valence-electron chi connectivity index (χ3n) is 2.73. The number of rotatable bonds is 3. The molecule has 0 aliphatic heterocycles. The molecule has 1 amide bonds. The number of phenols is 1. The van der Waals surface area contributed by atoms with E-state index in [-0.39, 0.29) is 17.2 Å². The summed E-state index contributed by atoms with van der Waals surface area (Å²) < 4.78 is 0. The molecule has 0 saturated heterocycles. The Bertz CT molecular complexity index is 644. The van der Waals surface area contributed by atoms with Gasteiger partial charge in [-0.3, -0.25) is 9.59 Å². The Morgan fingerprint density at radius 3 is 2.63 bits per heavy atom. The normalized spacial score (nSPS) is 10.2. The molecule has 0 aliphatic rings. The van der Waals surface area contributed by atoms with Crippen molar-refractivity contribution in [2.45, 2.75) is 13.8 Å². The van der Waals surface area contributed by atoms with Crippen LogP contribution in [0.1, 0.15) is 33.3 Å². The number of aromatic amines is 1. The van der Waals surface area contributed by atoms with E-state index in [0.717, 1.165) is 5.56 Å². The zero-order valence-corrected chi connectivity index (χ0v) is 10.7. The summed E-state index contributed by atoms with van der Waals surface area (Å²) in [4.78, 5) is 25.8. The van der Waals surface area contributed by atoms with E-state index < -0.39 is 5.91 Å². The van der Waals surface area contributed by atoms with E-state index in [4.69, 9.17) is 0 Å². The first-order chi connectivity index (χ1) is 8.97. The molecule has 98 valence electrons. The summed E-state index contributed by atoms with van der Waals surface area (Å²) in [5.41, 5.74) is 1.97. The van der Waals surface area contributed by atoms with Gasteiger partial charge in [-0.15, -0.1) is 0 Å². The maximum atomic E-state index is 11.9. The maximum absolute atomic E-state index is 11.9. The minimum atomic E-state index is -0.409. The molecule has 1 heterocycles. The molecule has 0 radical (unpaired) electrons. The van der Waals surface area contributed by atoms with Crippen molar-refractivity contribution in [2.24, 2.45) is 0 Å². The molecule has 1 aromatic heterocycles. The second kappa shape index (κ2) is 4.97. The van der Waals surface area contributed by atoms with Crippen molar-refractivity contribution >= 4 is 17.4 Å². The summed E-state index contributed by atoms with van der Waals surface area (Å²) in [5.74, 6) is -0.528. The molecule has 3 N–H and O–H groups in total. The van der Waals surface area contributed by atoms with Crippen LogP contribution < -0.4 is 5.32 Å². The van der Waals surface area contributed by atoms with Gasteiger partial charge in [-0.25, -0.2) is 0 Å². The molecular weight excluding hydrogens is 244 g/mol. The molecule has 0 bridgehead atoms. The lowest BCUT2D eigenvalue weighted by Crippen LogP contribution is -2.12. The first-order valence-electron chi connectivity index (χ1n) is 5.77. The summed E-state index contributed by atoms with van der Waals surface area (Å²) in [6, 6.07) is 6.40. The smallest absolute Gasteiger partial charge is 0.272 e. The Balaban J connectivity index is 2.20. The number of nitrogens with one attached hydrogen (secondary N) is 2. The van der Waals surface area contributed by atoms with Gasteiger partial charge in [-0.2, -0.15) is 0 Å². The van der Waals surface area contributed by atoms with Gasteiger partial charge in [0.1, 0.15) is 11.4 Å². The number of phenolic OH excluding ortho intramolecular Hbond substituents is 1. The molecule has 0 spiro atoms. The molecule has 19 heavy (non-hydrogen) atoms. The molecule has 0 aliphatic carbocycles. The zero-order valence-electron chi connectivity index (χ0n) is 10.7. The number of aromatic nitrogens is 1. The number of Topliss-reactive ketones (excluding diaryl/α,β-unsaturated/α-hetero) is 1. The molecule has 0 saturated carbocycles. The van der Waals surface area contributed by atoms with E-state index in [1.807, 2.05) is 6.92 Å². The predicted molar refractivity (Wildman–Crippen MR) is 71.6 cm³/mol. The van der Waals surface area contributed by atoms with Crippen molar-refractivity contribution in [3.8, 4) is 5.75 Å². The van der Waals surface area contributed by atoms with Crippen LogP contribution in [0.4, 0.5) is 5.69 Å². The quantitative estimate of drug-likeness (QED) is 0.584. The van der Waals surface area contributed by atoms with Crippen molar-refractivity contribution in [1.29, 1.82) is 0 Å². The van der Waals surface area contributed by atoms with Crippen molar-refractivity contribution in [2.75, 3.05) is 5.32 Å². The highest BCUT2D eigenvalue weighted by Gasteiger charge is 2.12. The number of hydrogen-bond acceptors (Lipinski definition) is 3. The van der Waals surface area contributed by atoms with E-state index in [0.29, 0.717) is 11.3 Å². The maximum Gasteiger partial charge on any atom is 0.272 e. The molecule has 2 rings (SSSR count). The number of hydrogen-bond donors (Lipinski definition) is 3. The molecule has 5 nitrogen and oxygen atoms in total. The van der Waals surface area contributed by atoms with Crippen LogP contribution in [0.3, 0.4) is 0 Å². The standard InChI is InChI=1S/C14H14N2O3/c1-8-3-4-13(18)11(5-8)16-14(19)12-6-10(7-15-12)9(2)17/h3-7,15,18H,1-2H3,(H,16,19). The minimum absolute atomic E-state index is 0.00250. The molecule has 0 atom stereocenters. The van der Waals surface area contributed by atoms with Crippen LogP contribution in [-0.4, -0.2) is 21.8 Å². The molecule has 1 aromatic carbocycles. The van der Waals surface area contributed by atoms with Gasteiger partial charge in [0.25, 0.3) is 5.91 Å². The van der Waals surface area contributed by atoms with E-state index in [2.05, 4.69) is 10.3 Å². The number of aromatic hydroxyl groups is 1. The Morgan fingerprint density at radius 2 is 2.00 bits per heavy atom. The van der Waals surface area contributed by atoms with Crippen LogP contribution in [0.5, 0.6) is 5.75 Å². The predicted octanol–water partition coefficient (Wildman–Crippen LogP) is 2.48. The number of carbonyl (C=O) groups excluding carboxylic acids is 2. The fourth-order valence-electron chi connectivity index (χ4n) is 1.67. The summed E-state index contributed by atoms with van der Waals surface area (Å²) in [7, 11) is 0. The molecule has 0 fully saturated rings. The van der Waals surface area contributed by atoms with Crippen LogP contribution in [0.15, 0.2) is 30.5 Å². The van der Waals surface area contributed by atoms with Crippen molar-refractivity contribution in [1.82, 2.24) is 4.98 Å². The lowest BCUT2D eigenvalue weighted by Gasteiger charge is -2.07. The minimum Gasteiger partial charge on any atom is -0.506 e. The summed E-state index contributed by atoms with van der Waals surface area (Å²) in [6.07, 6.45) is 1.48. The number of aryl methyl sites for hydroxylation is 1. The molecule has 2 aromatic rings. The topological polar surface area (TPSA) is 82.2 Å². The second-order valence-electron chi connectivity index (χ2n) is 4.33. The van der Waals surface area contributed by atoms with Gasteiger partial charge >= 0.3 is 0 Å². The van der Waals surface area contributed by atoms with Crippen molar-refractivity contribution in [3.63, 3.8) is 0 Å². The third kappa shape index (κ3) is 2.82. The van der Waals surface area contributed by atoms with E-state index in [9.17, 15) is 14.7 Å². The van der Waals surface area contributed by atoms with Gasteiger partial charge in [-0.05, 0) is 37.6 Å². The number of amides is 1. The van der Waals surface area contributed by atoms with Crippen molar-refractivity contribution < 1.29 is 14.7 Å². The highest BCUT2D eigenvalue weighted by molar-refractivity contribution is 6.05. The van der Waals surface area contributed by atoms with Crippen LogP contribution >= 0.6 is 0 Å². The number of anilines is 1. The monoisotopic (exact) mass is 258 g/mol. The number of carbonyl (C=O) groups is 2. The Kier molecular flexibility index (Phi) is 3.37. The summed E-state index contributed by atoms with van der Waals surface area (Å²) in [5, 5.41) is 12.2. The van der Waals surface area contributed by atoms with E-state index in [1.54, 1.807) is 12.1 Å². The van der Waals surface area contributed by atoms with Gasteiger partial charge in [0.15, 0.2) is 5.78 Å². The molecule has 0 unspecified atom stereocenters. The average molecular weight is 258 g/mol. The molecule has 5 heteroatoms. The first-order valence-corrected chi connectivity index (χ1v) is 5.77. The lowest BCUT2D eigenvalue weighted by molar-refractivity contribution is 0.101. The fourth-order valence-corrected chi connectivity index (χ4v) is 1.67. The molecular formula is C14H14N2O3. The Labute approximate surface area is 110 Å². The van der Waals surface area contributed by atoms with Gasteiger partial charge in [-0.1, -0.05) is 6.07 Å². The van der Waals surface area contributed by atoms with Gasteiger partial charge < -0.3 is 15.4 Å². The Hall–Kier alpha value is -2.56. The Morgan fingerprint density at radius 1 is 1.26 bits per heavy atom. The second-order valence-corrected chi connectivity index (χ2v) is 4.33. The van der Waals surface area contributed by atoms with E-state index >= 15 is 0 Å². The van der Waals surface area contributed by atoms with Gasteiger partial charge in [0.2, 0.25) is 0 Å². The summed E-state index contributed by atoms with van der Waals surface area (Å²) >= 11 is 0. The number of ketones is 1. The highest BCUT2D eigenvalue weighted by atomic mass is 16.3. The van der Waals surface area contributed by atoms with Crippen LogP contribution in [0.2, 0.25) is 0 Å². The number of H-pyrrole nitrogens is 1. The SMILES string of the molecule is CC(=O)c1c[nH]c(C(=O)Nc2cc(C)ccc2O)c1. The first kappa shape index (κ1) is 12.9. The van der Waals surface area contributed by atoms with Crippen LogP contribution in [-0.2, 0) is 0 Å². The summed E-state index contributed by atoms with van der Waals surface area (Å²) in [6.45, 7) is 3.29. The zero-order chi connectivity index (χ0) is 14.0. The average Bonchev–Trinajstić information content (AvgIpc) is 2.83. The van der Waals surface area contributed by atoms with E-state index in [1.165, 1.54) is 25.3 Å². The van der Waals surface area contributed by atoms with Crippen LogP contribution in [0, 0.1) is 6.92 Å². The van der Waals surface area contributed by atoms with Crippen molar-refractivity contribution in [3.05, 3.63) is 47.3 Å². The van der Waals surface area contributed by atoms with Gasteiger partial charge in [0.05, 0.1) is 5.69 Å². The van der Waals surface area contributed by atoms with Gasteiger partial charge in [0, 0.05) is 11.8 Å². The lowest BCUT2D eigenvalue weighted by atomic mass is 10.2. The van der Waals surface area contributed by atoms with Crippen LogP contribution in [0.25, 0.3) is 0 Å². The fraction of sp³-hybridized carbons (Fsp3) is 0.143.